The first-order chi connectivity index (χ1) is 18.5. The Kier molecular flexibility index (Phi) is 10.8. The number of anilines is 1. The lowest BCUT2D eigenvalue weighted by molar-refractivity contribution is -0.193. The molecule has 4 heterocycles. The van der Waals surface area contributed by atoms with Crippen LogP contribution in [0.2, 0.25) is 0 Å². The van der Waals surface area contributed by atoms with Crippen molar-refractivity contribution in [1.82, 2.24) is 25.1 Å². The molecule has 222 valence electrons. The number of likely N-dealkylation sites (tertiary alicyclic amines) is 1. The third-order valence-electron chi connectivity index (χ3n) is 5.63. The lowest BCUT2D eigenvalue weighted by atomic mass is 9.80. The van der Waals surface area contributed by atoms with Gasteiger partial charge in [0.25, 0.3) is 5.91 Å². The molecule has 1 atom stereocenters. The lowest BCUT2D eigenvalue weighted by Crippen LogP contribution is -2.52. The maximum Gasteiger partial charge on any atom is 0.490 e. The van der Waals surface area contributed by atoms with Gasteiger partial charge in [0.2, 0.25) is 5.95 Å². The molecule has 1 spiro atoms. The molecule has 12 nitrogen and oxygen atoms in total. The van der Waals surface area contributed by atoms with E-state index in [1.807, 2.05) is 17.9 Å². The van der Waals surface area contributed by atoms with Gasteiger partial charge in [0.1, 0.15) is 5.69 Å². The standard InChI is InChI=1S/C18H24N6O2.2C2HF3O2/c1-14-10-15(22-21-14)16(25)23-7-2-4-18(11-23)12-24(8-9-26-13-18)17-19-5-3-6-20-17;2*3-2(4,5)1(6)7/h3,5-6,10H,2,4,7-9,11-13H2,1H3,(H,21,22);2*(H,6,7). The zero-order valence-electron chi connectivity index (χ0n) is 21.0. The van der Waals surface area contributed by atoms with Crippen LogP contribution in [0, 0.1) is 12.3 Å². The van der Waals surface area contributed by atoms with Gasteiger partial charge in [-0.3, -0.25) is 9.89 Å². The van der Waals surface area contributed by atoms with Crippen LogP contribution >= 0.6 is 0 Å². The first-order valence-electron chi connectivity index (χ1n) is 11.6. The van der Waals surface area contributed by atoms with Crippen molar-refractivity contribution in [2.24, 2.45) is 5.41 Å². The Morgan fingerprint density at radius 1 is 1.00 bits per heavy atom. The Labute approximate surface area is 222 Å². The van der Waals surface area contributed by atoms with E-state index in [2.05, 4.69) is 25.1 Å². The molecule has 2 aromatic rings. The second-order valence-corrected chi connectivity index (χ2v) is 8.90. The largest absolute Gasteiger partial charge is 0.490 e. The molecule has 0 saturated carbocycles. The predicted octanol–water partition coefficient (Wildman–Crippen LogP) is 2.53. The second-order valence-electron chi connectivity index (χ2n) is 8.90. The fourth-order valence-electron chi connectivity index (χ4n) is 3.94. The van der Waals surface area contributed by atoms with Crippen molar-refractivity contribution in [3.63, 3.8) is 0 Å². The van der Waals surface area contributed by atoms with Crippen LogP contribution < -0.4 is 4.90 Å². The highest BCUT2D eigenvalue weighted by molar-refractivity contribution is 5.92. The smallest absolute Gasteiger partial charge is 0.475 e. The Bertz CT molecular complexity index is 1120. The number of carbonyl (C=O) groups is 3. The molecule has 18 heteroatoms. The molecule has 2 aliphatic rings. The van der Waals surface area contributed by atoms with E-state index in [0.717, 1.165) is 44.1 Å². The van der Waals surface area contributed by atoms with Crippen LogP contribution in [-0.2, 0) is 14.3 Å². The van der Waals surface area contributed by atoms with E-state index in [-0.39, 0.29) is 11.3 Å². The molecule has 4 rings (SSSR count). The number of H-pyrrole nitrogens is 1. The summed E-state index contributed by atoms with van der Waals surface area (Å²) in [5, 5.41) is 21.2. The summed E-state index contributed by atoms with van der Waals surface area (Å²) < 4.78 is 69.4. The molecule has 2 aliphatic heterocycles. The van der Waals surface area contributed by atoms with Gasteiger partial charge in [0.15, 0.2) is 0 Å². The van der Waals surface area contributed by atoms with E-state index in [0.29, 0.717) is 25.5 Å². The van der Waals surface area contributed by atoms with E-state index in [9.17, 15) is 31.1 Å². The molecular weight excluding hydrogens is 558 g/mol. The number of hydrogen-bond donors (Lipinski definition) is 3. The van der Waals surface area contributed by atoms with Crippen molar-refractivity contribution in [2.45, 2.75) is 32.1 Å². The number of rotatable bonds is 2. The third kappa shape index (κ3) is 9.65. The lowest BCUT2D eigenvalue weighted by Gasteiger charge is -2.43. The van der Waals surface area contributed by atoms with Gasteiger partial charge >= 0.3 is 24.3 Å². The van der Waals surface area contributed by atoms with Crippen molar-refractivity contribution < 1.29 is 55.7 Å². The zero-order valence-corrected chi connectivity index (χ0v) is 21.0. The van der Waals surface area contributed by atoms with Gasteiger partial charge in [-0.25, -0.2) is 19.6 Å². The highest BCUT2D eigenvalue weighted by Gasteiger charge is 2.41. The van der Waals surface area contributed by atoms with Gasteiger partial charge in [0.05, 0.1) is 13.2 Å². The first kappa shape index (κ1) is 32.3. The molecule has 2 saturated heterocycles. The monoisotopic (exact) mass is 584 g/mol. The molecule has 3 N–H and O–H groups in total. The molecule has 0 aliphatic carbocycles. The number of carboxylic acid groups (broad SMARTS) is 2. The quantitative estimate of drug-likeness (QED) is 0.448. The number of aromatic amines is 1. The van der Waals surface area contributed by atoms with Crippen LogP contribution in [0.4, 0.5) is 32.3 Å². The summed E-state index contributed by atoms with van der Waals surface area (Å²) in [4.78, 5) is 43.5. The minimum absolute atomic E-state index is 0.0137. The van der Waals surface area contributed by atoms with Crippen molar-refractivity contribution in [3.8, 4) is 0 Å². The van der Waals surface area contributed by atoms with Crippen molar-refractivity contribution >= 4 is 23.8 Å². The number of amides is 1. The van der Waals surface area contributed by atoms with Gasteiger partial charge < -0.3 is 24.7 Å². The fourth-order valence-corrected chi connectivity index (χ4v) is 3.94. The molecule has 0 radical (unpaired) electrons. The molecule has 2 aromatic heterocycles. The number of piperidine rings is 1. The topological polar surface area (TPSA) is 162 Å². The number of alkyl halides is 6. The summed E-state index contributed by atoms with van der Waals surface area (Å²) >= 11 is 0. The van der Waals surface area contributed by atoms with Gasteiger partial charge in [0, 0.05) is 49.7 Å². The number of ether oxygens (including phenoxy) is 1. The molecule has 2 fully saturated rings. The summed E-state index contributed by atoms with van der Waals surface area (Å²) in [6.45, 7) is 6.18. The highest BCUT2D eigenvalue weighted by atomic mass is 19.4. The number of aliphatic carboxylic acids is 2. The number of halogens is 6. The van der Waals surface area contributed by atoms with Crippen LogP contribution in [0.5, 0.6) is 0 Å². The van der Waals surface area contributed by atoms with E-state index >= 15 is 0 Å². The fraction of sp³-hybridized carbons (Fsp3) is 0.545. The van der Waals surface area contributed by atoms with Gasteiger partial charge in [-0.2, -0.15) is 31.4 Å². The van der Waals surface area contributed by atoms with Gasteiger partial charge in [-0.15, -0.1) is 0 Å². The van der Waals surface area contributed by atoms with Crippen molar-refractivity contribution in [3.05, 3.63) is 35.9 Å². The minimum Gasteiger partial charge on any atom is -0.475 e. The number of carbonyl (C=O) groups excluding carboxylic acids is 1. The Morgan fingerprint density at radius 3 is 2.08 bits per heavy atom. The van der Waals surface area contributed by atoms with Crippen LogP contribution in [0.1, 0.15) is 29.0 Å². The minimum atomic E-state index is -5.08. The van der Waals surface area contributed by atoms with Crippen molar-refractivity contribution in [2.75, 3.05) is 44.3 Å². The Hall–Kier alpha value is -3.96. The number of nitrogens with one attached hydrogen (secondary N) is 1. The maximum absolute atomic E-state index is 12.8. The average molecular weight is 584 g/mol. The predicted molar refractivity (Wildman–Crippen MR) is 123 cm³/mol. The Balaban J connectivity index is 0.000000333. The molecule has 0 aromatic carbocycles. The third-order valence-corrected chi connectivity index (χ3v) is 5.63. The van der Waals surface area contributed by atoms with Crippen LogP contribution in [0.25, 0.3) is 0 Å². The number of nitrogens with zero attached hydrogens (tertiary/aromatic N) is 5. The normalized spacial score (nSPS) is 19.5. The molecular formula is C22H26F6N6O6. The highest BCUT2D eigenvalue weighted by Crippen LogP contribution is 2.34. The van der Waals surface area contributed by atoms with E-state index in [4.69, 9.17) is 24.5 Å². The summed E-state index contributed by atoms with van der Waals surface area (Å²) in [5.74, 6) is -4.80. The number of carboxylic acids is 2. The van der Waals surface area contributed by atoms with Crippen LogP contribution in [0.15, 0.2) is 24.5 Å². The van der Waals surface area contributed by atoms with E-state index in [1.54, 1.807) is 18.5 Å². The molecule has 0 bridgehead atoms. The van der Waals surface area contributed by atoms with Gasteiger partial charge in [-0.1, -0.05) is 0 Å². The average Bonchev–Trinajstić information content (AvgIpc) is 3.21. The zero-order chi connectivity index (χ0) is 30.1. The number of aromatic nitrogens is 4. The summed E-state index contributed by atoms with van der Waals surface area (Å²) in [6, 6.07) is 3.62. The van der Waals surface area contributed by atoms with Crippen LogP contribution in [0.3, 0.4) is 0 Å². The number of hydrogen-bond acceptors (Lipinski definition) is 8. The molecule has 40 heavy (non-hydrogen) atoms. The Morgan fingerprint density at radius 2 is 1.57 bits per heavy atom. The summed E-state index contributed by atoms with van der Waals surface area (Å²) in [7, 11) is 0. The molecule has 1 amide bonds. The SMILES string of the molecule is Cc1cc(C(=O)N2CCCC3(COCCN(c4ncccn4)C3)C2)n[nH]1.O=C(O)C(F)(F)F.O=C(O)C(F)(F)F. The van der Waals surface area contributed by atoms with Gasteiger partial charge in [-0.05, 0) is 31.9 Å². The summed E-state index contributed by atoms with van der Waals surface area (Å²) in [5.41, 5.74) is 1.28. The molecule has 1 unspecified atom stereocenters. The first-order valence-corrected chi connectivity index (χ1v) is 11.6. The summed E-state index contributed by atoms with van der Waals surface area (Å²) in [6.07, 6.45) is -4.66. The number of aryl methyl sites for hydroxylation is 1. The maximum atomic E-state index is 12.8. The van der Waals surface area contributed by atoms with E-state index < -0.39 is 24.3 Å². The van der Waals surface area contributed by atoms with E-state index in [1.165, 1.54) is 0 Å². The van der Waals surface area contributed by atoms with Crippen LogP contribution in [-0.4, -0.2) is 105 Å². The second kappa shape index (κ2) is 13.4. The van der Waals surface area contributed by atoms with Crippen molar-refractivity contribution in [1.29, 1.82) is 0 Å².